The smallest absolute Gasteiger partial charge is 0.410 e. The number of amides is 1. The Morgan fingerprint density at radius 2 is 2.12 bits per heavy atom. The maximum atomic E-state index is 11.8. The molecule has 0 spiro atoms. The van der Waals surface area contributed by atoms with Crippen LogP contribution in [0, 0.1) is 0 Å². The Kier molecular flexibility index (Phi) is 2.29. The highest BCUT2D eigenvalue weighted by Crippen LogP contribution is 2.30. The van der Waals surface area contributed by atoms with Crippen LogP contribution in [-0.4, -0.2) is 36.3 Å². The molecule has 1 amide bonds. The van der Waals surface area contributed by atoms with Gasteiger partial charge in [0.25, 0.3) is 0 Å². The highest BCUT2D eigenvalue weighted by atomic mass is 16.6. The van der Waals surface area contributed by atoms with Gasteiger partial charge in [-0.25, -0.2) is 4.79 Å². The van der Waals surface area contributed by atoms with Gasteiger partial charge in [0.1, 0.15) is 11.9 Å². The summed E-state index contributed by atoms with van der Waals surface area (Å²) in [5.41, 5.74) is 0. The van der Waals surface area contributed by atoms with E-state index in [0.29, 0.717) is 18.4 Å². The van der Waals surface area contributed by atoms with Crippen molar-refractivity contribution >= 4 is 6.09 Å². The molecule has 0 aromatic heterocycles. The van der Waals surface area contributed by atoms with Crippen LogP contribution in [0.5, 0.6) is 5.75 Å². The van der Waals surface area contributed by atoms with Crippen molar-refractivity contribution in [3.8, 4) is 5.75 Å². The van der Waals surface area contributed by atoms with Crippen molar-refractivity contribution in [1.82, 2.24) is 4.90 Å². The van der Waals surface area contributed by atoms with E-state index >= 15 is 0 Å². The van der Waals surface area contributed by atoms with Gasteiger partial charge in [-0.15, -0.1) is 0 Å². The van der Waals surface area contributed by atoms with E-state index in [1.165, 1.54) is 0 Å². The van der Waals surface area contributed by atoms with Crippen LogP contribution in [0.25, 0.3) is 0 Å². The summed E-state index contributed by atoms with van der Waals surface area (Å²) in [5, 5.41) is 0. The summed E-state index contributed by atoms with van der Waals surface area (Å²) in [6.45, 7) is 1.39. The number of benzene rings is 1. The molecular weight excluding hydrogens is 206 g/mol. The summed E-state index contributed by atoms with van der Waals surface area (Å²) < 4.78 is 10.6. The second-order valence-corrected chi connectivity index (χ2v) is 4.13. The molecule has 2 unspecified atom stereocenters. The number of nitrogens with zero attached hydrogens (tertiary/aromatic N) is 1. The topological polar surface area (TPSA) is 42.1 Å². The van der Waals surface area contributed by atoms with Crippen LogP contribution in [0.15, 0.2) is 30.3 Å². The fourth-order valence-corrected chi connectivity index (χ4v) is 2.00. The molecule has 0 aliphatic carbocycles. The van der Waals surface area contributed by atoms with Gasteiger partial charge in [-0.05, 0) is 18.6 Å². The Hall–Kier alpha value is -1.55. The Bertz CT molecular complexity index is 393. The first-order chi connectivity index (χ1) is 7.83. The number of fused-ring (bicyclic) bond motifs is 1. The molecule has 3 rings (SSSR count). The van der Waals surface area contributed by atoms with Gasteiger partial charge in [0.15, 0.2) is 0 Å². The van der Waals surface area contributed by atoms with Gasteiger partial charge in [-0.1, -0.05) is 18.2 Å². The van der Waals surface area contributed by atoms with E-state index in [4.69, 9.17) is 9.47 Å². The quantitative estimate of drug-likeness (QED) is 0.674. The average molecular weight is 219 g/mol. The lowest BCUT2D eigenvalue weighted by atomic mass is 10.1. The Morgan fingerprint density at radius 1 is 1.31 bits per heavy atom. The minimum absolute atomic E-state index is 0.247. The minimum atomic E-state index is -0.278. The number of para-hydroxylation sites is 1. The lowest BCUT2D eigenvalue weighted by Crippen LogP contribution is -2.40. The number of likely N-dealkylation sites (tertiary alicyclic amines) is 1. The molecule has 2 fully saturated rings. The molecule has 16 heavy (non-hydrogen) atoms. The predicted molar refractivity (Wildman–Crippen MR) is 57.3 cm³/mol. The molecule has 1 aromatic carbocycles. The summed E-state index contributed by atoms with van der Waals surface area (Å²) in [6.07, 6.45) is 1.28. The summed E-state index contributed by atoms with van der Waals surface area (Å²) in [6, 6.07) is 9.13. The number of epoxide rings is 1. The molecule has 0 saturated carbocycles. The number of hydrogen-bond acceptors (Lipinski definition) is 3. The summed E-state index contributed by atoms with van der Waals surface area (Å²) in [7, 11) is 0. The molecule has 1 aromatic rings. The van der Waals surface area contributed by atoms with E-state index in [0.717, 1.165) is 13.0 Å². The molecule has 0 radical (unpaired) electrons. The van der Waals surface area contributed by atoms with Crippen LogP contribution >= 0.6 is 0 Å². The molecule has 4 nitrogen and oxygen atoms in total. The van der Waals surface area contributed by atoms with Gasteiger partial charge in [-0.3, -0.25) is 0 Å². The van der Waals surface area contributed by atoms with Crippen molar-refractivity contribution in [2.45, 2.75) is 18.6 Å². The van der Waals surface area contributed by atoms with E-state index in [9.17, 15) is 4.79 Å². The molecule has 2 aliphatic rings. The first-order valence-electron chi connectivity index (χ1n) is 5.50. The van der Waals surface area contributed by atoms with Crippen molar-refractivity contribution in [1.29, 1.82) is 0 Å². The first kappa shape index (κ1) is 9.66. The lowest BCUT2D eigenvalue weighted by molar-refractivity contribution is 0.146. The monoisotopic (exact) mass is 219 g/mol. The van der Waals surface area contributed by atoms with Crippen molar-refractivity contribution in [2.75, 3.05) is 13.1 Å². The summed E-state index contributed by atoms with van der Waals surface area (Å²) in [5.74, 6) is 0.589. The van der Waals surface area contributed by atoms with E-state index in [-0.39, 0.29) is 12.2 Å². The average Bonchev–Trinajstić information content (AvgIpc) is 3.08. The van der Waals surface area contributed by atoms with Crippen LogP contribution in [-0.2, 0) is 4.74 Å². The first-order valence-corrected chi connectivity index (χ1v) is 5.50. The second kappa shape index (κ2) is 3.79. The molecule has 4 heteroatoms. The summed E-state index contributed by atoms with van der Waals surface area (Å²) >= 11 is 0. The number of carbonyl (C=O) groups is 1. The number of carbonyl (C=O) groups excluding carboxylic acids is 1. The van der Waals surface area contributed by atoms with Crippen molar-refractivity contribution in [2.24, 2.45) is 0 Å². The number of piperidine rings is 1. The van der Waals surface area contributed by atoms with Gasteiger partial charge in [0, 0.05) is 6.54 Å². The fraction of sp³-hybridized carbons (Fsp3) is 0.417. The molecular formula is C12H13NO3. The Morgan fingerprint density at radius 3 is 2.88 bits per heavy atom. The Labute approximate surface area is 93.8 Å². The molecule has 84 valence electrons. The highest BCUT2D eigenvalue weighted by molar-refractivity contribution is 5.70. The molecule has 2 saturated heterocycles. The third kappa shape index (κ3) is 1.88. The largest absolute Gasteiger partial charge is 0.415 e. The van der Waals surface area contributed by atoms with E-state index in [1.54, 1.807) is 17.0 Å². The Balaban J connectivity index is 1.60. The van der Waals surface area contributed by atoms with E-state index in [1.807, 2.05) is 18.2 Å². The van der Waals surface area contributed by atoms with Crippen LogP contribution in [0.4, 0.5) is 4.79 Å². The van der Waals surface area contributed by atoms with Crippen LogP contribution in [0.3, 0.4) is 0 Å². The standard InChI is InChI=1S/C12H13NO3/c14-12(15-9-4-2-1-3-5-9)13-7-6-10-11(8-13)16-10/h1-5,10-11H,6-8H2. The zero-order valence-electron chi connectivity index (χ0n) is 8.83. The second-order valence-electron chi connectivity index (χ2n) is 4.13. The maximum absolute atomic E-state index is 11.8. The molecule has 2 aliphatic heterocycles. The van der Waals surface area contributed by atoms with Crippen molar-refractivity contribution in [3.05, 3.63) is 30.3 Å². The highest BCUT2D eigenvalue weighted by Gasteiger charge is 2.44. The third-order valence-electron chi connectivity index (χ3n) is 2.98. The SMILES string of the molecule is O=C(Oc1ccccc1)N1CCC2OC2C1. The van der Waals surface area contributed by atoms with Gasteiger partial charge < -0.3 is 14.4 Å². The van der Waals surface area contributed by atoms with Gasteiger partial charge in [0.05, 0.1) is 12.6 Å². The lowest BCUT2D eigenvalue weighted by Gasteiger charge is -2.23. The normalized spacial score (nSPS) is 27.1. The van der Waals surface area contributed by atoms with Gasteiger partial charge in [-0.2, -0.15) is 0 Å². The van der Waals surface area contributed by atoms with Crippen molar-refractivity contribution in [3.63, 3.8) is 0 Å². The van der Waals surface area contributed by atoms with Gasteiger partial charge >= 0.3 is 6.09 Å². The third-order valence-corrected chi connectivity index (χ3v) is 2.98. The maximum Gasteiger partial charge on any atom is 0.415 e. The number of ether oxygens (including phenoxy) is 2. The fourth-order valence-electron chi connectivity index (χ4n) is 2.00. The summed E-state index contributed by atoms with van der Waals surface area (Å²) in [4.78, 5) is 13.5. The van der Waals surface area contributed by atoms with Crippen LogP contribution in [0.2, 0.25) is 0 Å². The minimum Gasteiger partial charge on any atom is -0.410 e. The van der Waals surface area contributed by atoms with Crippen LogP contribution < -0.4 is 4.74 Å². The van der Waals surface area contributed by atoms with E-state index in [2.05, 4.69) is 0 Å². The predicted octanol–water partition coefficient (Wildman–Crippen LogP) is 1.66. The zero-order chi connectivity index (χ0) is 11.0. The molecule has 0 N–H and O–H groups in total. The zero-order valence-corrected chi connectivity index (χ0v) is 8.83. The number of hydrogen-bond donors (Lipinski definition) is 0. The van der Waals surface area contributed by atoms with Gasteiger partial charge in [0.2, 0.25) is 0 Å². The molecule has 2 atom stereocenters. The number of rotatable bonds is 1. The van der Waals surface area contributed by atoms with Crippen molar-refractivity contribution < 1.29 is 14.3 Å². The molecule has 0 bridgehead atoms. The molecule has 2 heterocycles. The van der Waals surface area contributed by atoms with Crippen LogP contribution in [0.1, 0.15) is 6.42 Å². The van der Waals surface area contributed by atoms with E-state index < -0.39 is 0 Å².